The van der Waals surface area contributed by atoms with Crippen molar-refractivity contribution in [1.82, 2.24) is 9.97 Å². The van der Waals surface area contributed by atoms with Gasteiger partial charge in [-0.1, -0.05) is 42.0 Å². The summed E-state index contributed by atoms with van der Waals surface area (Å²) in [4.78, 5) is 8.96. The van der Waals surface area contributed by atoms with Gasteiger partial charge in [-0.2, -0.15) is 8.42 Å². The van der Waals surface area contributed by atoms with E-state index < -0.39 is 10.1 Å². The van der Waals surface area contributed by atoms with Crippen molar-refractivity contribution >= 4 is 32.2 Å². The molecule has 0 aliphatic carbocycles. The summed E-state index contributed by atoms with van der Waals surface area (Å²) in [5, 5.41) is 0. The molecule has 4 rings (SSSR count). The van der Waals surface area contributed by atoms with Gasteiger partial charge < -0.3 is 0 Å². The maximum Gasteiger partial charge on any atom is 0.294 e. The molecule has 4 aromatic rings. The van der Waals surface area contributed by atoms with E-state index in [0.717, 1.165) is 27.6 Å². The summed E-state index contributed by atoms with van der Waals surface area (Å²) in [5.41, 5.74) is 4.76. The van der Waals surface area contributed by atoms with Crippen LogP contribution in [0.25, 0.3) is 22.1 Å². The highest BCUT2D eigenvalue weighted by Crippen LogP contribution is 2.14. The largest absolute Gasteiger partial charge is 0.294 e. The summed E-state index contributed by atoms with van der Waals surface area (Å²) in [6, 6.07) is 21.8. The van der Waals surface area contributed by atoms with E-state index in [4.69, 9.17) is 4.55 Å². The second kappa shape index (κ2) is 6.96. The Kier molecular flexibility index (Phi) is 4.74. The zero-order valence-corrected chi connectivity index (χ0v) is 14.3. The van der Waals surface area contributed by atoms with Crippen LogP contribution in [-0.4, -0.2) is 22.9 Å². The highest BCUT2D eigenvalue weighted by Gasteiger charge is 2.06. The Morgan fingerprint density at radius 3 is 1.36 bits per heavy atom. The van der Waals surface area contributed by atoms with E-state index in [-0.39, 0.29) is 4.90 Å². The highest BCUT2D eigenvalue weighted by molar-refractivity contribution is 7.85. The molecule has 0 spiro atoms. The van der Waals surface area contributed by atoms with Gasteiger partial charge in [0.15, 0.2) is 0 Å². The van der Waals surface area contributed by atoms with Gasteiger partial charge in [0.2, 0.25) is 0 Å². The van der Waals surface area contributed by atoms with Crippen LogP contribution in [0.2, 0.25) is 0 Å². The molecule has 0 unspecified atom stereocenters. The fourth-order valence-electron chi connectivity index (χ4n) is 2.28. The first-order chi connectivity index (χ1) is 11.9. The molecule has 1 heterocycles. The van der Waals surface area contributed by atoms with Crippen LogP contribution in [0.15, 0.2) is 77.7 Å². The fourth-order valence-corrected chi connectivity index (χ4v) is 2.76. The van der Waals surface area contributed by atoms with Gasteiger partial charge in [0.1, 0.15) is 0 Å². The predicted molar refractivity (Wildman–Crippen MR) is 98.0 cm³/mol. The molecular formula is C19H16N2O3S. The minimum absolute atomic E-state index is 0.0666. The van der Waals surface area contributed by atoms with Crippen LogP contribution in [0, 0.1) is 6.92 Å². The molecule has 0 bridgehead atoms. The molecule has 126 valence electrons. The zero-order valence-electron chi connectivity index (χ0n) is 13.5. The van der Waals surface area contributed by atoms with Crippen molar-refractivity contribution in [3.8, 4) is 0 Å². The minimum Gasteiger partial charge on any atom is -0.282 e. The molecule has 0 aliphatic rings. The summed E-state index contributed by atoms with van der Waals surface area (Å²) in [6.45, 7) is 1.84. The van der Waals surface area contributed by atoms with Crippen molar-refractivity contribution in [2.75, 3.05) is 0 Å². The van der Waals surface area contributed by atoms with Gasteiger partial charge in [0.25, 0.3) is 10.1 Å². The van der Waals surface area contributed by atoms with E-state index in [9.17, 15) is 8.42 Å². The van der Waals surface area contributed by atoms with Gasteiger partial charge in [-0.15, -0.1) is 0 Å². The standard InChI is InChI=1S/C12H8N2.C7H8O3S/c1-2-6-10-9(5-1)13-11-7-3-4-8-12(11)14-10;1-6-2-4-7(5-3-6)11(8,9)10/h1-8H;2-5H,1H3,(H,8,9,10). The number of hydrogen-bond acceptors (Lipinski definition) is 4. The number of rotatable bonds is 1. The van der Waals surface area contributed by atoms with Gasteiger partial charge in [-0.05, 0) is 43.3 Å². The molecule has 3 aromatic carbocycles. The molecular weight excluding hydrogens is 336 g/mol. The molecule has 0 saturated carbocycles. The van der Waals surface area contributed by atoms with E-state index in [1.54, 1.807) is 12.1 Å². The Morgan fingerprint density at radius 2 is 1.04 bits per heavy atom. The molecule has 25 heavy (non-hydrogen) atoms. The summed E-state index contributed by atoms with van der Waals surface area (Å²) in [6.07, 6.45) is 0. The minimum atomic E-state index is -4.02. The average Bonchev–Trinajstić information content (AvgIpc) is 2.60. The summed E-state index contributed by atoms with van der Waals surface area (Å²) >= 11 is 0. The van der Waals surface area contributed by atoms with Crippen molar-refractivity contribution in [3.05, 3.63) is 78.4 Å². The quantitative estimate of drug-likeness (QED) is 0.413. The number of hydrogen-bond donors (Lipinski definition) is 1. The Balaban J connectivity index is 0.000000151. The normalized spacial score (nSPS) is 11.1. The molecule has 0 radical (unpaired) electrons. The monoisotopic (exact) mass is 352 g/mol. The van der Waals surface area contributed by atoms with Gasteiger partial charge in [0.05, 0.1) is 27.0 Å². The lowest BCUT2D eigenvalue weighted by molar-refractivity contribution is 0.483. The van der Waals surface area contributed by atoms with Crippen molar-refractivity contribution in [2.45, 2.75) is 11.8 Å². The van der Waals surface area contributed by atoms with Crippen LogP contribution in [0.3, 0.4) is 0 Å². The number of benzene rings is 3. The number of aromatic nitrogens is 2. The Hall–Kier alpha value is -2.83. The van der Waals surface area contributed by atoms with Crippen LogP contribution in [0.1, 0.15) is 5.56 Å². The van der Waals surface area contributed by atoms with Crippen molar-refractivity contribution < 1.29 is 13.0 Å². The fraction of sp³-hybridized carbons (Fsp3) is 0.0526. The van der Waals surface area contributed by atoms with Crippen LogP contribution in [-0.2, 0) is 10.1 Å². The number of nitrogens with zero attached hydrogens (tertiary/aromatic N) is 2. The van der Waals surface area contributed by atoms with Crippen LogP contribution < -0.4 is 0 Å². The smallest absolute Gasteiger partial charge is 0.282 e. The molecule has 0 aliphatic heterocycles. The predicted octanol–water partition coefficient (Wildman–Crippen LogP) is 4.02. The number of para-hydroxylation sites is 4. The maximum absolute atomic E-state index is 10.5. The third kappa shape index (κ3) is 4.17. The summed E-state index contributed by atoms with van der Waals surface area (Å²) < 4.78 is 29.6. The van der Waals surface area contributed by atoms with Crippen LogP contribution in [0.5, 0.6) is 0 Å². The van der Waals surface area contributed by atoms with E-state index >= 15 is 0 Å². The third-order valence-corrected chi connectivity index (χ3v) is 4.43. The van der Waals surface area contributed by atoms with Crippen LogP contribution in [0.4, 0.5) is 0 Å². The van der Waals surface area contributed by atoms with Crippen molar-refractivity contribution in [1.29, 1.82) is 0 Å². The Morgan fingerprint density at radius 1 is 0.680 bits per heavy atom. The number of fused-ring (bicyclic) bond motifs is 2. The Bertz CT molecular complexity index is 1020. The first-order valence-corrected chi connectivity index (χ1v) is 9.03. The highest BCUT2D eigenvalue weighted by atomic mass is 32.2. The van der Waals surface area contributed by atoms with Crippen LogP contribution >= 0.6 is 0 Å². The lowest BCUT2D eigenvalue weighted by Gasteiger charge is -1.98. The topological polar surface area (TPSA) is 80.2 Å². The van der Waals surface area contributed by atoms with Crippen molar-refractivity contribution in [3.63, 3.8) is 0 Å². The molecule has 6 heteroatoms. The molecule has 0 amide bonds. The second-order valence-corrected chi connectivity index (χ2v) is 6.91. The molecule has 0 fully saturated rings. The lowest BCUT2D eigenvalue weighted by Crippen LogP contribution is -1.96. The first kappa shape index (κ1) is 17.0. The zero-order chi connectivity index (χ0) is 17.9. The van der Waals surface area contributed by atoms with Gasteiger partial charge >= 0.3 is 0 Å². The average molecular weight is 352 g/mol. The van der Waals surface area contributed by atoms with Crippen molar-refractivity contribution in [2.24, 2.45) is 0 Å². The van der Waals surface area contributed by atoms with E-state index in [2.05, 4.69) is 9.97 Å². The second-order valence-electron chi connectivity index (χ2n) is 5.49. The Labute approximate surface area is 145 Å². The third-order valence-electron chi connectivity index (χ3n) is 3.56. The maximum atomic E-state index is 10.5. The SMILES string of the molecule is Cc1ccc(S(=O)(=O)O)cc1.c1ccc2nc3ccccc3nc2c1. The molecule has 0 saturated heterocycles. The first-order valence-electron chi connectivity index (χ1n) is 7.59. The molecule has 1 aromatic heterocycles. The molecule has 1 N–H and O–H groups in total. The van der Waals surface area contributed by atoms with Gasteiger partial charge in [-0.25, -0.2) is 9.97 Å². The summed E-state index contributed by atoms with van der Waals surface area (Å²) in [5.74, 6) is 0. The van der Waals surface area contributed by atoms with Gasteiger partial charge in [-0.3, -0.25) is 4.55 Å². The van der Waals surface area contributed by atoms with E-state index in [1.165, 1.54) is 12.1 Å². The molecule has 0 atom stereocenters. The van der Waals surface area contributed by atoms with Gasteiger partial charge in [0, 0.05) is 0 Å². The van der Waals surface area contributed by atoms with E-state index in [1.807, 2.05) is 55.5 Å². The number of aryl methyl sites for hydroxylation is 1. The van der Waals surface area contributed by atoms with E-state index in [0.29, 0.717) is 0 Å². The lowest BCUT2D eigenvalue weighted by atomic mass is 10.2. The summed E-state index contributed by atoms with van der Waals surface area (Å²) in [7, 11) is -4.02. The molecule has 5 nitrogen and oxygen atoms in total.